The quantitative estimate of drug-likeness (QED) is 0.837. The molecule has 2 aromatic rings. The summed E-state index contributed by atoms with van der Waals surface area (Å²) in [5.74, 6) is -0.217. The number of anilines is 1. The number of nitrogen functional groups attached to an aromatic ring is 1. The van der Waals surface area contributed by atoms with Gasteiger partial charge in [0, 0.05) is 30.4 Å². The lowest BCUT2D eigenvalue weighted by Gasteiger charge is -2.21. The van der Waals surface area contributed by atoms with Gasteiger partial charge in [-0.15, -0.1) is 0 Å². The van der Waals surface area contributed by atoms with Crippen molar-refractivity contribution in [2.24, 2.45) is 11.1 Å². The minimum absolute atomic E-state index is 0.217. The maximum absolute atomic E-state index is 11.5. The zero-order valence-corrected chi connectivity index (χ0v) is 12.2. The van der Waals surface area contributed by atoms with Crippen molar-refractivity contribution in [2.75, 3.05) is 18.8 Å². The predicted octanol–water partition coefficient (Wildman–Crippen LogP) is 1.51. The third-order valence-corrected chi connectivity index (χ3v) is 4.43. The highest BCUT2D eigenvalue weighted by Crippen LogP contribution is 2.31. The number of hydrogen-bond donors (Lipinski definition) is 2. The van der Waals surface area contributed by atoms with Gasteiger partial charge in [0.15, 0.2) is 0 Å². The number of likely N-dealkylation sites (tertiary alicyclic amines) is 1. The molecule has 3 rings (SSSR count). The summed E-state index contributed by atoms with van der Waals surface area (Å²) in [6.45, 7) is 4.27. The first-order valence-electron chi connectivity index (χ1n) is 7.14. The average Bonchev–Trinajstić information content (AvgIpc) is 2.85. The Balaban J connectivity index is 1.87. The van der Waals surface area contributed by atoms with E-state index in [-0.39, 0.29) is 5.91 Å². The van der Waals surface area contributed by atoms with Crippen molar-refractivity contribution in [1.29, 1.82) is 0 Å². The van der Waals surface area contributed by atoms with Crippen LogP contribution in [-0.4, -0.2) is 28.9 Å². The average molecular weight is 284 g/mol. The molecular weight excluding hydrogens is 264 g/mol. The van der Waals surface area contributed by atoms with Crippen LogP contribution in [0.2, 0.25) is 0 Å². The summed E-state index contributed by atoms with van der Waals surface area (Å²) >= 11 is 0. The Morgan fingerprint density at radius 3 is 2.95 bits per heavy atom. The van der Waals surface area contributed by atoms with Gasteiger partial charge < -0.3 is 11.5 Å². The number of pyridine rings is 1. The molecule has 0 saturated carbocycles. The number of carbonyl (C=O) groups excluding carboxylic acids is 1. The number of benzene rings is 1. The molecule has 21 heavy (non-hydrogen) atoms. The minimum Gasteiger partial charge on any atom is -0.398 e. The summed E-state index contributed by atoms with van der Waals surface area (Å²) in [5.41, 5.74) is 13.9. The third kappa shape index (κ3) is 2.45. The normalized spacial score (nSPS) is 22.7. The second-order valence-corrected chi connectivity index (χ2v) is 6.10. The lowest BCUT2D eigenvalue weighted by molar-refractivity contribution is -0.126. The number of amides is 1. The highest BCUT2D eigenvalue weighted by molar-refractivity contribution is 5.92. The van der Waals surface area contributed by atoms with Crippen LogP contribution in [0, 0.1) is 5.41 Å². The van der Waals surface area contributed by atoms with Gasteiger partial charge in [-0.3, -0.25) is 14.7 Å². The fraction of sp³-hybridized carbons (Fsp3) is 0.375. The van der Waals surface area contributed by atoms with Crippen LogP contribution >= 0.6 is 0 Å². The van der Waals surface area contributed by atoms with Crippen molar-refractivity contribution in [1.82, 2.24) is 9.88 Å². The van der Waals surface area contributed by atoms with Crippen molar-refractivity contribution < 1.29 is 4.79 Å². The number of nitrogens with two attached hydrogens (primary N) is 2. The molecule has 0 spiro atoms. The molecule has 0 bridgehead atoms. The van der Waals surface area contributed by atoms with Crippen molar-refractivity contribution >= 4 is 22.5 Å². The number of fused-ring (bicyclic) bond motifs is 1. The molecule has 1 fully saturated rings. The molecule has 1 saturated heterocycles. The summed E-state index contributed by atoms with van der Waals surface area (Å²) in [6.07, 6.45) is 2.59. The van der Waals surface area contributed by atoms with Gasteiger partial charge in [0.1, 0.15) is 0 Å². The van der Waals surface area contributed by atoms with E-state index in [4.69, 9.17) is 11.5 Å². The van der Waals surface area contributed by atoms with Crippen LogP contribution in [0.3, 0.4) is 0 Å². The summed E-state index contributed by atoms with van der Waals surface area (Å²) in [6, 6.07) is 7.81. The molecule has 0 aliphatic carbocycles. The van der Waals surface area contributed by atoms with E-state index >= 15 is 0 Å². The molecule has 1 aliphatic heterocycles. The summed E-state index contributed by atoms with van der Waals surface area (Å²) < 4.78 is 0. The van der Waals surface area contributed by atoms with Gasteiger partial charge in [0.25, 0.3) is 0 Å². The largest absolute Gasteiger partial charge is 0.398 e. The SMILES string of the molecule is CC1(C(N)=O)CCN(Cc2ccc(N)c3cccnc23)C1. The van der Waals surface area contributed by atoms with E-state index < -0.39 is 5.41 Å². The number of carbonyl (C=O) groups is 1. The van der Waals surface area contributed by atoms with Crippen molar-refractivity contribution in [3.8, 4) is 0 Å². The second kappa shape index (κ2) is 5.00. The smallest absolute Gasteiger partial charge is 0.224 e. The molecule has 1 aliphatic rings. The molecule has 1 aromatic heterocycles. The fourth-order valence-electron chi connectivity index (χ4n) is 3.01. The van der Waals surface area contributed by atoms with E-state index in [0.717, 1.165) is 41.7 Å². The first kappa shape index (κ1) is 13.8. The Hall–Kier alpha value is -2.14. The monoisotopic (exact) mass is 284 g/mol. The van der Waals surface area contributed by atoms with Crippen molar-refractivity contribution in [2.45, 2.75) is 19.9 Å². The molecule has 1 amide bonds. The summed E-state index contributed by atoms with van der Waals surface area (Å²) in [4.78, 5) is 18.3. The van der Waals surface area contributed by atoms with Crippen LogP contribution in [0.25, 0.3) is 10.9 Å². The second-order valence-electron chi connectivity index (χ2n) is 6.10. The first-order valence-corrected chi connectivity index (χ1v) is 7.14. The van der Waals surface area contributed by atoms with E-state index in [1.807, 2.05) is 31.2 Å². The van der Waals surface area contributed by atoms with Crippen molar-refractivity contribution in [3.05, 3.63) is 36.0 Å². The summed E-state index contributed by atoms with van der Waals surface area (Å²) in [7, 11) is 0. The Morgan fingerprint density at radius 1 is 1.43 bits per heavy atom. The molecule has 0 radical (unpaired) electrons. The maximum atomic E-state index is 11.5. The first-order chi connectivity index (χ1) is 9.99. The lowest BCUT2D eigenvalue weighted by atomic mass is 9.89. The van der Waals surface area contributed by atoms with E-state index in [9.17, 15) is 4.79 Å². The predicted molar refractivity (Wildman–Crippen MR) is 83.4 cm³/mol. The van der Waals surface area contributed by atoms with Gasteiger partial charge in [-0.2, -0.15) is 0 Å². The molecule has 1 aromatic carbocycles. The molecule has 110 valence electrons. The van der Waals surface area contributed by atoms with Gasteiger partial charge in [0.2, 0.25) is 5.91 Å². The molecular formula is C16H20N4O. The zero-order valence-electron chi connectivity index (χ0n) is 12.2. The van der Waals surface area contributed by atoms with Gasteiger partial charge in [-0.25, -0.2) is 0 Å². The van der Waals surface area contributed by atoms with Gasteiger partial charge >= 0.3 is 0 Å². The maximum Gasteiger partial charge on any atom is 0.224 e. The third-order valence-electron chi connectivity index (χ3n) is 4.43. The van der Waals surface area contributed by atoms with E-state index in [0.29, 0.717) is 6.54 Å². The molecule has 4 N–H and O–H groups in total. The number of aromatic nitrogens is 1. The molecule has 1 atom stereocenters. The van der Waals surface area contributed by atoms with Gasteiger partial charge in [0.05, 0.1) is 10.9 Å². The molecule has 2 heterocycles. The number of primary amides is 1. The number of rotatable bonds is 3. The number of nitrogens with zero attached hydrogens (tertiary/aromatic N) is 2. The highest BCUT2D eigenvalue weighted by atomic mass is 16.1. The zero-order chi connectivity index (χ0) is 15.0. The van der Waals surface area contributed by atoms with Crippen LogP contribution in [0.5, 0.6) is 0 Å². The van der Waals surface area contributed by atoms with Gasteiger partial charge in [-0.05, 0) is 43.7 Å². The van der Waals surface area contributed by atoms with Crippen LogP contribution in [0.4, 0.5) is 5.69 Å². The van der Waals surface area contributed by atoms with Crippen LogP contribution in [-0.2, 0) is 11.3 Å². The molecule has 5 heteroatoms. The number of hydrogen-bond acceptors (Lipinski definition) is 4. The van der Waals surface area contributed by atoms with E-state index in [1.165, 1.54) is 0 Å². The Labute approximate surface area is 123 Å². The van der Waals surface area contributed by atoms with E-state index in [2.05, 4.69) is 9.88 Å². The molecule has 1 unspecified atom stereocenters. The van der Waals surface area contributed by atoms with Crippen LogP contribution in [0.1, 0.15) is 18.9 Å². The van der Waals surface area contributed by atoms with Gasteiger partial charge in [-0.1, -0.05) is 6.07 Å². The fourth-order valence-corrected chi connectivity index (χ4v) is 3.01. The molecule has 5 nitrogen and oxygen atoms in total. The lowest BCUT2D eigenvalue weighted by Crippen LogP contribution is -2.36. The summed E-state index contributed by atoms with van der Waals surface area (Å²) in [5, 5.41) is 0.979. The standard InChI is InChI=1S/C16H20N4O/c1-16(15(18)21)6-8-20(10-16)9-11-4-5-13(17)12-3-2-7-19-14(11)12/h2-5,7H,6,8-10,17H2,1H3,(H2,18,21). The van der Waals surface area contributed by atoms with Crippen LogP contribution in [0.15, 0.2) is 30.5 Å². The van der Waals surface area contributed by atoms with Crippen LogP contribution < -0.4 is 11.5 Å². The Kier molecular flexibility index (Phi) is 3.29. The Bertz CT molecular complexity index is 700. The minimum atomic E-state index is -0.420. The van der Waals surface area contributed by atoms with E-state index in [1.54, 1.807) is 6.20 Å². The van der Waals surface area contributed by atoms with Crippen molar-refractivity contribution in [3.63, 3.8) is 0 Å². The topological polar surface area (TPSA) is 85.2 Å². The Morgan fingerprint density at radius 2 is 2.24 bits per heavy atom. The highest BCUT2D eigenvalue weighted by Gasteiger charge is 2.38.